The summed E-state index contributed by atoms with van der Waals surface area (Å²) in [5.74, 6) is 0.357. The standard InChI is InChI=1S/C10H11ClN4O2/c11-5-6-12-9(16)14-15-10-13-7-3-1-2-4-8(7)17-10/h1-4H,5-6H2,(H,13,15)(H2,12,14,16). The van der Waals surface area contributed by atoms with Crippen molar-refractivity contribution < 1.29 is 9.21 Å². The number of carbonyl (C=O) groups excluding carboxylic acids is 1. The second-order valence-corrected chi connectivity index (χ2v) is 3.56. The number of nitrogens with one attached hydrogen (secondary N) is 3. The van der Waals surface area contributed by atoms with Gasteiger partial charge in [-0.1, -0.05) is 12.1 Å². The van der Waals surface area contributed by atoms with Gasteiger partial charge in [0.15, 0.2) is 5.58 Å². The lowest BCUT2D eigenvalue weighted by Gasteiger charge is -2.04. The van der Waals surface area contributed by atoms with Gasteiger partial charge in [0.1, 0.15) is 5.52 Å². The highest BCUT2D eigenvalue weighted by atomic mass is 35.5. The largest absolute Gasteiger partial charge is 0.422 e. The fourth-order valence-electron chi connectivity index (χ4n) is 1.24. The Kier molecular flexibility index (Phi) is 3.66. The monoisotopic (exact) mass is 254 g/mol. The number of nitrogens with zero attached hydrogens (tertiary/aromatic N) is 1. The number of hydrazine groups is 1. The smallest absolute Gasteiger partial charge is 0.333 e. The predicted octanol–water partition coefficient (Wildman–Crippen LogP) is 1.69. The first kappa shape index (κ1) is 11.5. The van der Waals surface area contributed by atoms with E-state index in [0.717, 1.165) is 5.52 Å². The van der Waals surface area contributed by atoms with Crippen LogP contribution >= 0.6 is 11.6 Å². The van der Waals surface area contributed by atoms with Gasteiger partial charge in [-0.05, 0) is 12.1 Å². The highest BCUT2D eigenvalue weighted by Gasteiger charge is 2.05. The normalized spacial score (nSPS) is 10.2. The average molecular weight is 255 g/mol. The van der Waals surface area contributed by atoms with Crippen LogP contribution in [0.2, 0.25) is 0 Å². The third kappa shape index (κ3) is 3.01. The first-order chi connectivity index (χ1) is 8.29. The Morgan fingerprint density at radius 2 is 2.24 bits per heavy atom. The van der Waals surface area contributed by atoms with Gasteiger partial charge in [0.25, 0.3) is 0 Å². The molecule has 0 atom stereocenters. The van der Waals surface area contributed by atoms with E-state index in [-0.39, 0.29) is 6.01 Å². The maximum absolute atomic E-state index is 11.2. The molecule has 0 aliphatic rings. The van der Waals surface area contributed by atoms with Crippen LogP contribution in [-0.4, -0.2) is 23.4 Å². The summed E-state index contributed by atoms with van der Waals surface area (Å²) in [6, 6.07) is 7.14. The van der Waals surface area contributed by atoms with Gasteiger partial charge >= 0.3 is 12.0 Å². The molecule has 6 nitrogen and oxygen atoms in total. The Morgan fingerprint density at radius 1 is 1.41 bits per heavy atom. The molecule has 0 aliphatic carbocycles. The first-order valence-corrected chi connectivity index (χ1v) is 5.54. The molecule has 0 bridgehead atoms. The van der Waals surface area contributed by atoms with Crippen molar-refractivity contribution in [2.75, 3.05) is 17.9 Å². The summed E-state index contributed by atoms with van der Waals surface area (Å²) in [6.45, 7) is 0.391. The minimum atomic E-state index is -0.395. The SMILES string of the molecule is O=C(NCCCl)NNc1nc2ccccc2o1. The molecule has 0 radical (unpaired) electrons. The maximum Gasteiger partial charge on any atom is 0.333 e. The highest BCUT2D eigenvalue weighted by Crippen LogP contribution is 2.16. The zero-order chi connectivity index (χ0) is 12.1. The van der Waals surface area contributed by atoms with Crippen molar-refractivity contribution in [3.8, 4) is 0 Å². The van der Waals surface area contributed by atoms with E-state index in [2.05, 4.69) is 21.2 Å². The molecule has 90 valence electrons. The third-order valence-electron chi connectivity index (χ3n) is 1.96. The number of benzene rings is 1. The van der Waals surface area contributed by atoms with Crippen LogP contribution in [-0.2, 0) is 0 Å². The van der Waals surface area contributed by atoms with Crippen LogP contribution in [0, 0.1) is 0 Å². The zero-order valence-electron chi connectivity index (χ0n) is 8.87. The summed E-state index contributed by atoms with van der Waals surface area (Å²) in [5.41, 5.74) is 6.31. The van der Waals surface area contributed by atoms with Gasteiger partial charge in [-0.15, -0.1) is 11.6 Å². The second kappa shape index (κ2) is 5.40. The number of carbonyl (C=O) groups is 1. The number of halogens is 1. The molecule has 7 heteroatoms. The number of fused-ring (bicyclic) bond motifs is 1. The van der Waals surface area contributed by atoms with Crippen molar-refractivity contribution in [1.29, 1.82) is 0 Å². The van der Waals surface area contributed by atoms with Gasteiger partial charge < -0.3 is 9.73 Å². The summed E-state index contributed by atoms with van der Waals surface area (Å²) in [7, 11) is 0. The molecular formula is C10H11ClN4O2. The second-order valence-electron chi connectivity index (χ2n) is 3.18. The molecule has 0 spiro atoms. The molecule has 0 saturated carbocycles. The topological polar surface area (TPSA) is 79.2 Å². The summed E-state index contributed by atoms with van der Waals surface area (Å²) in [5, 5.41) is 2.52. The number of urea groups is 1. The quantitative estimate of drug-likeness (QED) is 0.573. The molecule has 0 unspecified atom stereocenters. The molecule has 3 N–H and O–H groups in total. The van der Waals surface area contributed by atoms with Crippen LogP contribution < -0.4 is 16.2 Å². The summed E-state index contributed by atoms with van der Waals surface area (Å²) >= 11 is 5.42. The van der Waals surface area contributed by atoms with Gasteiger partial charge in [0.05, 0.1) is 0 Å². The molecule has 0 saturated heterocycles. The summed E-state index contributed by atoms with van der Waals surface area (Å²) in [6.07, 6.45) is 0. The van der Waals surface area contributed by atoms with E-state index in [9.17, 15) is 4.79 Å². The fourth-order valence-corrected chi connectivity index (χ4v) is 1.34. The Morgan fingerprint density at radius 3 is 3.00 bits per heavy atom. The molecule has 1 heterocycles. The van der Waals surface area contributed by atoms with Crippen LogP contribution in [0.1, 0.15) is 0 Å². The maximum atomic E-state index is 11.2. The number of hydrogen-bond acceptors (Lipinski definition) is 4. The van der Waals surface area contributed by atoms with Crippen LogP contribution in [0.15, 0.2) is 28.7 Å². The van der Waals surface area contributed by atoms with Crippen molar-refractivity contribution >= 4 is 34.7 Å². The molecule has 2 aromatic rings. The number of oxazole rings is 1. The number of aromatic nitrogens is 1. The molecule has 0 aliphatic heterocycles. The van der Waals surface area contributed by atoms with Crippen LogP contribution in [0.25, 0.3) is 11.1 Å². The van der Waals surface area contributed by atoms with E-state index in [1.54, 1.807) is 6.07 Å². The minimum absolute atomic E-state index is 0.229. The summed E-state index contributed by atoms with van der Waals surface area (Å²) in [4.78, 5) is 15.3. The number of hydrogen-bond donors (Lipinski definition) is 3. The molecule has 17 heavy (non-hydrogen) atoms. The van der Waals surface area contributed by atoms with Crippen LogP contribution in [0.4, 0.5) is 10.8 Å². The van der Waals surface area contributed by atoms with Gasteiger partial charge in [-0.25, -0.2) is 15.6 Å². The molecule has 1 aromatic heterocycles. The highest BCUT2D eigenvalue weighted by molar-refractivity contribution is 6.18. The van der Waals surface area contributed by atoms with Gasteiger partial charge in [-0.2, -0.15) is 4.98 Å². The van der Waals surface area contributed by atoms with Gasteiger partial charge in [0.2, 0.25) is 0 Å². The van der Waals surface area contributed by atoms with Crippen LogP contribution in [0.3, 0.4) is 0 Å². The molecule has 0 fully saturated rings. The van der Waals surface area contributed by atoms with Crippen molar-refractivity contribution in [1.82, 2.24) is 15.7 Å². The van der Waals surface area contributed by atoms with Crippen molar-refractivity contribution in [3.05, 3.63) is 24.3 Å². The minimum Gasteiger partial charge on any atom is -0.422 e. The number of para-hydroxylation sites is 2. The van der Waals surface area contributed by atoms with Crippen molar-refractivity contribution in [2.24, 2.45) is 0 Å². The molecule has 2 amide bonds. The Labute approximate surface area is 102 Å². The van der Waals surface area contributed by atoms with E-state index in [4.69, 9.17) is 16.0 Å². The number of anilines is 1. The number of alkyl halides is 1. The van der Waals surface area contributed by atoms with E-state index in [1.165, 1.54) is 0 Å². The lowest BCUT2D eigenvalue weighted by atomic mass is 10.3. The van der Waals surface area contributed by atoms with E-state index >= 15 is 0 Å². The van der Waals surface area contributed by atoms with Gasteiger partial charge in [-0.3, -0.25) is 0 Å². The third-order valence-corrected chi connectivity index (χ3v) is 2.15. The number of rotatable bonds is 4. The molecule has 1 aromatic carbocycles. The van der Waals surface area contributed by atoms with E-state index in [1.807, 2.05) is 18.2 Å². The van der Waals surface area contributed by atoms with Crippen molar-refractivity contribution in [2.45, 2.75) is 0 Å². The molecular weight excluding hydrogens is 244 g/mol. The Hall–Kier alpha value is -1.95. The van der Waals surface area contributed by atoms with E-state index in [0.29, 0.717) is 18.0 Å². The Balaban J connectivity index is 1.92. The van der Waals surface area contributed by atoms with Gasteiger partial charge in [0, 0.05) is 12.4 Å². The molecule has 2 rings (SSSR count). The Bertz CT molecular complexity index is 481. The number of amides is 2. The summed E-state index contributed by atoms with van der Waals surface area (Å²) < 4.78 is 5.33. The van der Waals surface area contributed by atoms with Crippen molar-refractivity contribution in [3.63, 3.8) is 0 Å². The lowest BCUT2D eigenvalue weighted by Crippen LogP contribution is -2.39. The van der Waals surface area contributed by atoms with Crippen LogP contribution in [0.5, 0.6) is 0 Å². The average Bonchev–Trinajstić information content (AvgIpc) is 2.76. The lowest BCUT2D eigenvalue weighted by molar-refractivity contribution is 0.243. The van der Waals surface area contributed by atoms with E-state index < -0.39 is 6.03 Å². The first-order valence-electron chi connectivity index (χ1n) is 5.01. The predicted molar refractivity (Wildman–Crippen MR) is 64.9 cm³/mol. The fraction of sp³-hybridized carbons (Fsp3) is 0.200. The zero-order valence-corrected chi connectivity index (χ0v) is 9.62.